The molecule has 0 aliphatic rings. The molecule has 0 heterocycles. The van der Waals surface area contributed by atoms with Crippen LogP contribution < -0.4 is 0 Å². The van der Waals surface area contributed by atoms with Crippen molar-refractivity contribution < 1.29 is 23.7 Å². The third-order valence-electron chi connectivity index (χ3n) is 2.00. The molecule has 0 saturated heterocycles. The molecule has 5 nitrogen and oxygen atoms in total. The van der Waals surface area contributed by atoms with Crippen molar-refractivity contribution in [3.8, 4) is 0 Å². The molecule has 0 bridgehead atoms. The SMILES string of the molecule is C/C=C\COCCOCCOCCOCCOC. The molecule has 0 radical (unpaired) electrons. The highest BCUT2D eigenvalue weighted by Gasteiger charge is 1.91. The maximum absolute atomic E-state index is 5.32. The van der Waals surface area contributed by atoms with Crippen LogP contribution in [-0.4, -0.2) is 66.6 Å². The predicted octanol–water partition coefficient (Wildman–Crippen LogP) is 1.28. The van der Waals surface area contributed by atoms with Crippen molar-refractivity contribution in [2.75, 3.05) is 66.6 Å². The molecule has 0 aliphatic carbocycles. The normalized spacial score (nSPS) is 11.4. The Hall–Kier alpha value is -0.460. The van der Waals surface area contributed by atoms with E-state index in [1.54, 1.807) is 7.11 Å². The number of methoxy groups -OCH3 is 1. The Labute approximate surface area is 110 Å². The molecule has 0 unspecified atom stereocenters. The van der Waals surface area contributed by atoms with Gasteiger partial charge in [-0.1, -0.05) is 12.2 Å². The van der Waals surface area contributed by atoms with Gasteiger partial charge in [0.15, 0.2) is 0 Å². The van der Waals surface area contributed by atoms with Crippen LogP contribution in [0.4, 0.5) is 0 Å². The van der Waals surface area contributed by atoms with E-state index in [9.17, 15) is 0 Å². The van der Waals surface area contributed by atoms with Crippen LogP contribution in [0.5, 0.6) is 0 Å². The third kappa shape index (κ3) is 15.5. The molecule has 0 saturated carbocycles. The minimum atomic E-state index is 0.586. The highest BCUT2D eigenvalue weighted by molar-refractivity contribution is 4.75. The van der Waals surface area contributed by atoms with E-state index < -0.39 is 0 Å². The first-order chi connectivity index (χ1) is 8.91. The summed E-state index contributed by atoms with van der Waals surface area (Å²) in [6, 6.07) is 0. The Morgan fingerprint density at radius 3 is 1.56 bits per heavy atom. The molecule has 0 atom stereocenters. The number of allylic oxidation sites excluding steroid dienone is 1. The smallest absolute Gasteiger partial charge is 0.0704 e. The van der Waals surface area contributed by atoms with Gasteiger partial charge in [-0.15, -0.1) is 0 Å². The van der Waals surface area contributed by atoms with Gasteiger partial charge in [-0.25, -0.2) is 0 Å². The standard InChI is InChI=1S/C13H26O5/c1-3-4-5-15-8-9-17-12-13-18-11-10-16-7-6-14-2/h3-4H,5-13H2,1-2H3/b4-3-. The summed E-state index contributed by atoms with van der Waals surface area (Å²) >= 11 is 0. The average Bonchev–Trinajstić information content (AvgIpc) is 2.39. The Morgan fingerprint density at radius 2 is 1.11 bits per heavy atom. The largest absolute Gasteiger partial charge is 0.382 e. The monoisotopic (exact) mass is 262 g/mol. The summed E-state index contributed by atoms with van der Waals surface area (Å²) in [6.45, 7) is 7.42. The van der Waals surface area contributed by atoms with Crippen molar-refractivity contribution >= 4 is 0 Å². The lowest BCUT2D eigenvalue weighted by Crippen LogP contribution is -2.12. The molecule has 108 valence electrons. The van der Waals surface area contributed by atoms with E-state index >= 15 is 0 Å². The van der Waals surface area contributed by atoms with Crippen LogP contribution in [0, 0.1) is 0 Å². The van der Waals surface area contributed by atoms with Crippen molar-refractivity contribution in [3.63, 3.8) is 0 Å². The van der Waals surface area contributed by atoms with Gasteiger partial charge in [-0.2, -0.15) is 0 Å². The summed E-state index contributed by atoms with van der Waals surface area (Å²) in [5.41, 5.74) is 0. The summed E-state index contributed by atoms with van der Waals surface area (Å²) in [5, 5.41) is 0. The van der Waals surface area contributed by atoms with Crippen molar-refractivity contribution in [2.24, 2.45) is 0 Å². The summed E-state index contributed by atoms with van der Waals surface area (Å²) in [5.74, 6) is 0. The fourth-order valence-corrected chi connectivity index (χ4v) is 1.05. The van der Waals surface area contributed by atoms with Crippen LogP contribution in [0.25, 0.3) is 0 Å². The minimum Gasteiger partial charge on any atom is -0.382 e. The van der Waals surface area contributed by atoms with Gasteiger partial charge in [0.25, 0.3) is 0 Å². The molecule has 5 heteroatoms. The Bertz CT molecular complexity index is 173. The van der Waals surface area contributed by atoms with E-state index in [0.717, 1.165) is 0 Å². The molecule has 0 spiro atoms. The van der Waals surface area contributed by atoms with Crippen molar-refractivity contribution in [2.45, 2.75) is 6.92 Å². The predicted molar refractivity (Wildman–Crippen MR) is 70.0 cm³/mol. The topological polar surface area (TPSA) is 46.2 Å². The number of ether oxygens (including phenoxy) is 5. The molecule has 18 heavy (non-hydrogen) atoms. The first-order valence-corrected chi connectivity index (χ1v) is 6.33. The second kappa shape index (κ2) is 16.5. The second-order valence-corrected chi connectivity index (χ2v) is 3.47. The van der Waals surface area contributed by atoms with Gasteiger partial charge in [0.05, 0.1) is 59.5 Å². The van der Waals surface area contributed by atoms with Crippen LogP contribution in [0.15, 0.2) is 12.2 Å². The Morgan fingerprint density at radius 1 is 0.667 bits per heavy atom. The first kappa shape index (κ1) is 17.5. The number of rotatable bonds is 14. The second-order valence-electron chi connectivity index (χ2n) is 3.47. The van der Waals surface area contributed by atoms with Crippen LogP contribution in [0.2, 0.25) is 0 Å². The van der Waals surface area contributed by atoms with Gasteiger partial charge < -0.3 is 23.7 Å². The highest BCUT2D eigenvalue weighted by Crippen LogP contribution is 1.83. The first-order valence-electron chi connectivity index (χ1n) is 6.33. The van der Waals surface area contributed by atoms with Crippen LogP contribution in [0.1, 0.15) is 6.92 Å². The fraction of sp³-hybridized carbons (Fsp3) is 0.846. The van der Waals surface area contributed by atoms with Gasteiger partial charge in [-0.05, 0) is 6.92 Å². The molecule has 0 amide bonds. The Balaban J connectivity index is 2.90. The highest BCUT2D eigenvalue weighted by atomic mass is 16.6. The lowest BCUT2D eigenvalue weighted by Gasteiger charge is -2.06. The van der Waals surface area contributed by atoms with Crippen LogP contribution in [0.3, 0.4) is 0 Å². The van der Waals surface area contributed by atoms with Gasteiger partial charge >= 0.3 is 0 Å². The van der Waals surface area contributed by atoms with Gasteiger partial charge in [0.1, 0.15) is 0 Å². The molecule has 0 rings (SSSR count). The summed E-state index contributed by atoms with van der Waals surface area (Å²) in [4.78, 5) is 0. The molecule has 0 N–H and O–H groups in total. The Kier molecular flexibility index (Phi) is 16.1. The summed E-state index contributed by atoms with van der Waals surface area (Å²) in [6.07, 6.45) is 3.93. The number of hydrogen-bond acceptors (Lipinski definition) is 5. The molecule has 0 fully saturated rings. The molecule has 0 aromatic carbocycles. The molecule has 0 aliphatic heterocycles. The minimum absolute atomic E-state index is 0.586. The van der Waals surface area contributed by atoms with E-state index in [1.165, 1.54) is 0 Å². The van der Waals surface area contributed by atoms with Crippen LogP contribution in [-0.2, 0) is 23.7 Å². The van der Waals surface area contributed by atoms with E-state index in [0.29, 0.717) is 59.5 Å². The zero-order chi connectivity index (χ0) is 13.3. The molecule has 0 aromatic heterocycles. The van der Waals surface area contributed by atoms with Crippen molar-refractivity contribution in [1.82, 2.24) is 0 Å². The molecular formula is C13H26O5. The fourth-order valence-electron chi connectivity index (χ4n) is 1.05. The average molecular weight is 262 g/mol. The lowest BCUT2D eigenvalue weighted by molar-refractivity contribution is -0.00579. The third-order valence-corrected chi connectivity index (χ3v) is 2.00. The maximum Gasteiger partial charge on any atom is 0.0704 e. The lowest BCUT2D eigenvalue weighted by atomic mass is 10.5. The van der Waals surface area contributed by atoms with E-state index in [4.69, 9.17) is 23.7 Å². The van der Waals surface area contributed by atoms with Gasteiger partial charge in [-0.3, -0.25) is 0 Å². The van der Waals surface area contributed by atoms with E-state index in [-0.39, 0.29) is 0 Å². The maximum atomic E-state index is 5.32. The zero-order valence-corrected chi connectivity index (χ0v) is 11.6. The summed E-state index contributed by atoms with van der Waals surface area (Å²) in [7, 11) is 1.65. The molecular weight excluding hydrogens is 236 g/mol. The van der Waals surface area contributed by atoms with Gasteiger partial charge in [0, 0.05) is 7.11 Å². The van der Waals surface area contributed by atoms with Crippen LogP contribution >= 0.6 is 0 Å². The zero-order valence-electron chi connectivity index (χ0n) is 11.6. The number of hydrogen-bond donors (Lipinski definition) is 0. The van der Waals surface area contributed by atoms with E-state index in [2.05, 4.69) is 0 Å². The van der Waals surface area contributed by atoms with E-state index in [1.807, 2.05) is 19.1 Å². The van der Waals surface area contributed by atoms with Gasteiger partial charge in [0.2, 0.25) is 0 Å². The molecule has 0 aromatic rings. The quantitative estimate of drug-likeness (QED) is 0.348. The van der Waals surface area contributed by atoms with Crippen molar-refractivity contribution in [1.29, 1.82) is 0 Å². The summed E-state index contributed by atoms with van der Waals surface area (Å²) < 4.78 is 26.0. The van der Waals surface area contributed by atoms with Crippen molar-refractivity contribution in [3.05, 3.63) is 12.2 Å².